The molecule has 0 aromatic heterocycles. The molecule has 0 saturated heterocycles. The summed E-state index contributed by atoms with van der Waals surface area (Å²) in [6, 6.07) is 0. The van der Waals surface area contributed by atoms with Crippen molar-refractivity contribution >= 4 is 5.97 Å². The Balaban J connectivity index is 2.09. The van der Waals surface area contributed by atoms with Crippen LogP contribution < -0.4 is 0 Å². The fraction of sp³-hybridized carbons (Fsp3) is 0.917. The predicted molar refractivity (Wildman–Crippen MR) is 57.1 cm³/mol. The molecule has 0 heterocycles. The van der Waals surface area contributed by atoms with Crippen LogP contribution in [0.5, 0.6) is 0 Å². The molecule has 0 aromatic carbocycles. The molecular weight excluding hydrogens is 306 g/mol. The zero-order chi connectivity index (χ0) is 16.1. The van der Waals surface area contributed by atoms with Crippen LogP contribution in [0.25, 0.3) is 0 Å². The Hall–Kier alpha value is -0.990. The van der Waals surface area contributed by atoms with E-state index in [9.17, 15) is 31.1 Å². The first kappa shape index (κ1) is 16.4. The Morgan fingerprint density at radius 2 is 1.57 bits per heavy atom. The maximum Gasteiger partial charge on any atom is 0.426 e. The molecule has 0 amide bonds. The van der Waals surface area contributed by atoms with E-state index in [-0.39, 0.29) is 0 Å². The van der Waals surface area contributed by atoms with E-state index in [2.05, 4.69) is 0 Å². The summed E-state index contributed by atoms with van der Waals surface area (Å²) in [6.45, 7) is 0. The van der Waals surface area contributed by atoms with Crippen molar-refractivity contribution < 1.29 is 41.0 Å². The van der Waals surface area contributed by atoms with Crippen LogP contribution in [0.3, 0.4) is 0 Å². The zero-order valence-corrected chi connectivity index (χ0v) is 10.9. The van der Waals surface area contributed by atoms with Gasteiger partial charge in [0.2, 0.25) is 0 Å². The molecule has 2 fully saturated rings. The first-order valence-electron chi connectivity index (χ1n) is 6.46. The van der Waals surface area contributed by atoms with E-state index < -0.39 is 35.9 Å². The molecule has 2 aliphatic rings. The van der Waals surface area contributed by atoms with E-state index in [4.69, 9.17) is 9.84 Å². The van der Waals surface area contributed by atoms with E-state index in [0.29, 0.717) is 25.2 Å². The number of rotatable bonds is 3. The number of hydrogen-bond acceptors (Lipinski definition) is 3. The van der Waals surface area contributed by atoms with Gasteiger partial charge in [0, 0.05) is 0 Å². The van der Waals surface area contributed by atoms with E-state index in [0.717, 1.165) is 12.8 Å². The lowest BCUT2D eigenvalue weighted by molar-refractivity contribution is -0.368. The van der Waals surface area contributed by atoms with Gasteiger partial charge in [0.05, 0.1) is 6.42 Å². The number of hydrogen-bond donors (Lipinski definition) is 1. The summed E-state index contributed by atoms with van der Waals surface area (Å²) in [5, 5.41) is 8.94. The van der Waals surface area contributed by atoms with Gasteiger partial charge in [-0.2, -0.15) is 26.3 Å². The average molecular weight is 320 g/mol. The quantitative estimate of drug-likeness (QED) is 0.642. The van der Waals surface area contributed by atoms with Crippen molar-refractivity contribution in [1.29, 1.82) is 0 Å². The molecule has 21 heavy (non-hydrogen) atoms. The molecule has 0 unspecified atom stereocenters. The first-order valence-corrected chi connectivity index (χ1v) is 6.46. The largest absolute Gasteiger partial charge is 0.459 e. The number of carbonyl (C=O) groups excluding carboxylic acids is 1. The third kappa shape index (κ3) is 2.84. The number of esters is 1. The third-order valence-corrected chi connectivity index (χ3v) is 4.35. The number of alkyl halides is 6. The summed E-state index contributed by atoms with van der Waals surface area (Å²) in [7, 11) is 0. The van der Waals surface area contributed by atoms with Crippen LogP contribution in [-0.2, 0) is 9.53 Å². The molecule has 0 atom stereocenters. The van der Waals surface area contributed by atoms with Crippen LogP contribution in [-0.4, -0.2) is 34.6 Å². The molecule has 0 aromatic rings. The van der Waals surface area contributed by atoms with Gasteiger partial charge >= 0.3 is 18.3 Å². The molecule has 2 bridgehead atoms. The molecule has 1 N–H and O–H groups in total. The second-order valence-electron chi connectivity index (χ2n) is 5.84. The minimum atomic E-state index is -6.00. The Labute approximate surface area is 116 Å². The Morgan fingerprint density at radius 1 is 1.10 bits per heavy atom. The van der Waals surface area contributed by atoms with E-state index >= 15 is 0 Å². The topological polar surface area (TPSA) is 46.5 Å². The predicted octanol–water partition coefficient (Wildman–Crippen LogP) is 3.11. The highest BCUT2D eigenvalue weighted by Crippen LogP contribution is 2.51. The normalized spacial score (nSPS) is 29.8. The maximum atomic E-state index is 12.5. The van der Waals surface area contributed by atoms with Gasteiger partial charge in [-0.3, -0.25) is 4.79 Å². The maximum absolute atomic E-state index is 12.5. The van der Waals surface area contributed by atoms with Crippen molar-refractivity contribution in [3.63, 3.8) is 0 Å². The summed E-state index contributed by atoms with van der Waals surface area (Å²) in [4.78, 5) is 11.5. The minimum Gasteiger partial charge on any atom is -0.459 e. The van der Waals surface area contributed by atoms with Crippen molar-refractivity contribution in [1.82, 2.24) is 0 Å². The first-order chi connectivity index (χ1) is 9.39. The zero-order valence-electron chi connectivity index (χ0n) is 10.9. The van der Waals surface area contributed by atoms with Crippen LogP contribution >= 0.6 is 0 Å². The van der Waals surface area contributed by atoms with Crippen molar-refractivity contribution in [2.75, 3.05) is 0 Å². The van der Waals surface area contributed by atoms with Crippen LogP contribution in [0, 0.1) is 5.92 Å². The second-order valence-corrected chi connectivity index (χ2v) is 5.84. The van der Waals surface area contributed by atoms with Gasteiger partial charge in [0.15, 0.2) is 0 Å². The van der Waals surface area contributed by atoms with Crippen LogP contribution in [0.2, 0.25) is 0 Å². The van der Waals surface area contributed by atoms with E-state index in [1.54, 1.807) is 0 Å². The van der Waals surface area contributed by atoms with Crippen molar-refractivity contribution in [2.24, 2.45) is 5.92 Å². The second kappa shape index (κ2) is 4.76. The number of carbonyl (C=O) groups is 1. The molecule has 3 nitrogen and oxygen atoms in total. The molecule has 2 rings (SSSR count). The molecule has 9 heteroatoms. The van der Waals surface area contributed by atoms with E-state index in [1.807, 2.05) is 0 Å². The summed E-state index contributed by atoms with van der Waals surface area (Å²) < 4.78 is 79.8. The monoisotopic (exact) mass is 320 g/mol. The lowest BCUT2D eigenvalue weighted by Gasteiger charge is -2.33. The summed E-state index contributed by atoms with van der Waals surface area (Å²) >= 11 is 0. The van der Waals surface area contributed by atoms with Crippen LogP contribution in [0.1, 0.15) is 38.5 Å². The lowest BCUT2D eigenvalue weighted by atomic mass is 9.95. The average Bonchev–Trinajstić information content (AvgIpc) is 2.84. The molecule has 2 aliphatic carbocycles. The standard InChI is InChI=1S/C12H14F6O3/c13-11(14,15)10(20,12(16,17)18)6-8(19)21-9-3-1-7(5-9)2-4-9/h7,20H,1-6H2. The Kier molecular flexibility index (Phi) is 3.71. The smallest absolute Gasteiger partial charge is 0.426 e. The molecule has 0 spiro atoms. The number of halogens is 6. The van der Waals surface area contributed by atoms with Crippen LogP contribution in [0.15, 0.2) is 0 Å². The van der Waals surface area contributed by atoms with Gasteiger partial charge in [-0.1, -0.05) is 0 Å². The summed E-state index contributed by atoms with van der Waals surface area (Å²) in [5.74, 6) is -1.36. The third-order valence-electron chi connectivity index (χ3n) is 4.35. The van der Waals surface area contributed by atoms with Crippen molar-refractivity contribution in [3.05, 3.63) is 0 Å². The Morgan fingerprint density at radius 3 is 1.90 bits per heavy atom. The van der Waals surface area contributed by atoms with Gasteiger partial charge in [-0.15, -0.1) is 0 Å². The van der Waals surface area contributed by atoms with Gasteiger partial charge < -0.3 is 9.84 Å². The minimum absolute atomic E-state index is 0.307. The van der Waals surface area contributed by atoms with Crippen molar-refractivity contribution in [2.45, 2.75) is 62.1 Å². The molecule has 0 radical (unpaired) electrons. The van der Waals surface area contributed by atoms with Gasteiger partial charge in [-0.25, -0.2) is 0 Å². The summed E-state index contributed by atoms with van der Waals surface area (Å²) in [6.07, 6.45) is -11.3. The lowest BCUT2D eigenvalue weighted by Crippen LogP contribution is -2.58. The SMILES string of the molecule is O=C(CC(O)(C(F)(F)F)C(F)(F)F)OC12CCC(CC1)C2. The fourth-order valence-corrected chi connectivity index (χ4v) is 3.13. The highest BCUT2D eigenvalue weighted by molar-refractivity contribution is 5.71. The number of fused-ring (bicyclic) bond motifs is 2. The Bertz CT molecular complexity index is 406. The van der Waals surface area contributed by atoms with Crippen LogP contribution in [0.4, 0.5) is 26.3 Å². The highest BCUT2D eigenvalue weighted by atomic mass is 19.4. The fourth-order valence-electron chi connectivity index (χ4n) is 3.13. The molecule has 2 saturated carbocycles. The highest BCUT2D eigenvalue weighted by Gasteiger charge is 2.71. The van der Waals surface area contributed by atoms with Gasteiger partial charge in [0.25, 0.3) is 5.60 Å². The molecular formula is C12H14F6O3. The number of ether oxygens (including phenoxy) is 1. The molecule has 122 valence electrons. The van der Waals surface area contributed by atoms with Crippen molar-refractivity contribution in [3.8, 4) is 0 Å². The van der Waals surface area contributed by atoms with Gasteiger partial charge in [-0.05, 0) is 38.0 Å². The van der Waals surface area contributed by atoms with E-state index in [1.165, 1.54) is 0 Å². The molecule has 0 aliphatic heterocycles. The number of aliphatic hydroxyl groups is 1. The van der Waals surface area contributed by atoms with Gasteiger partial charge in [0.1, 0.15) is 5.60 Å². The summed E-state index contributed by atoms with van der Waals surface area (Å²) in [5.41, 5.74) is -6.02.